The van der Waals surface area contributed by atoms with E-state index in [1.807, 2.05) is 38.1 Å². The van der Waals surface area contributed by atoms with Crippen molar-refractivity contribution >= 4 is 23.1 Å². The predicted octanol–water partition coefficient (Wildman–Crippen LogP) is 4.01. The number of benzene rings is 1. The van der Waals surface area contributed by atoms with Crippen LogP contribution < -0.4 is 10.1 Å². The molecule has 19 heavy (non-hydrogen) atoms. The molecular weight excluding hydrogens is 262 g/mol. The fourth-order valence-electron chi connectivity index (χ4n) is 1.61. The summed E-state index contributed by atoms with van der Waals surface area (Å²) in [5.74, 6) is 2.41. The van der Waals surface area contributed by atoms with Gasteiger partial charge in [0, 0.05) is 23.7 Å². The van der Waals surface area contributed by atoms with Gasteiger partial charge in [0.2, 0.25) is 0 Å². The minimum atomic E-state index is 0.226. The van der Waals surface area contributed by atoms with Gasteiger partial charge in [-0.2, -0.15) is 0 Å². The van der Waals surface area contributed by atoms with Gasteiger partial charge < -0.3 is 10.1 Å². The molecule has 1 N–H and O–H groups in total. The summed E-state index contributed by atoms with van der Waals surface area (Å²) in [5, 5.41) is 3.63. The molecule has 0 aliphatic carbocycles. The maximum absolute atomic E-state index is 6.00. The molecule has 0 radical (unpaired) electrons. The second-order valence-corrected chi connectivity index (χ2v) is 4.83. The molecular formula is C14H16ClN3O. The Morgan fingerprint density at radius 3 is 2.68 bits per heavy atom. The van der Waals surface area contributed by atoms with E-state index in [9.17, 15) is 0 Å². The predicted molar refractivity (Wildman–Crippen MR) is 77.4 cm³/mol. The van der Waals surface area contributed by atoms with Crippen LogP contribution in [0.1, 0.15) is 25.6 Å². The molecule has 100 valence electrons. The van der Waals surface area contributed by atoms with Crippen LogP contribution in [0.4, 0.5) is 11.5 Å². The standard InChI is InChI=1S/C14H16ClN3O/c1-9(2)14-17-12(15)8-13(18-14)16-10-5-4-6-11(7-10)19-3/h4-9H,1-3H3,(H,16,17,18). The number of nitrogens with one attached hydrogen (secondary N) is 1. The van der Waals surface area contributed by atoms with Crippen LogP contribution in [0.15, 0.2) is 30.3 Å². The van der Waals surface area contributed by atoms with Crippen LogP contribution in [-0.2, 0) is 0 Å². The summed E-state index contributed by atoms with van der Waals surface area (Å²) in [4.78, 5) is 8.63. The number of halogens is 1. The van der Waals surface area contributed by atoms with Gasteiger partial charge in [0.05, 0.1) is 7.11 Å². The third kappa shape index (κ3) is 3.58. The minimum absolute atomic E-state index is 0.226. The Kier molecular flexibility index (Phi) is 4.22. The van der Waals surface area contributed by atoms with Gasteiger partial charge in [-0.1, -0.05) is 31.5 Å². The zero-order chi connectivity index (χ0) is 13.8. The lowest BCUT2D eigenvalue weighted by molar-refractivity contribution is 0.415. The van der Waals surface area contributed by atoms with Gasteiger partial charge in [0.1, 0.15) is 22.5 Å². The van der Waals surface area contributed by atoms with Crippen LogP contribution in [0.3, 0.4) is 0 Å². The summed E-state index contributed by atoms with van der Waals surface area (Å²) in [6.45, 7) is 4.06. The van der Waals surface area contributed by atoms with Crippen LogP contribution in [0.5, 0.6) is 5.75 Å². The van der Waals surface area contributed by atoms with Crippen LogP contribution in [0.2, 0.25) is 5.15 Å². The number of nitrogens with zero attached hydrogens (tertiary/aromatic N) is 2. The largest absolute Gasteiger partial charge is 0.497 e. The first-order valence-electron chi connectivity index (χ1n) is 6.04. The molecule has 0 bridgehead atoms. The van der Waals surface area contributed by atoms with Crippen molar-refractivity contribution in [1.82, 2.24) is 9.97 Å². The Morgan fingerprint density at radius 2 is 2.00 bits per heavy atom. The molecule has 1 heterocycles. The summed E-state index contributed by atoms with van der Waals surface area (Å²) in [6, 6.07) is 9.33. The van der Waals surface area contributed by atoms with E-state index in [0.717, 1.165) is 17.3 Å². The van der Waals surface area contributed by atoms with E-state index in [1.54, 1.807) is 13.2 Å². The van der Waals surface area contributed by atoms with Crippen molar-refractivity contribution in [3.05, 3.63) is 41.3 Å². The highest BCUT2D eigenvalue weighted by Crippen LogP contribution is 2.23. The lowest BCUT2D eigenvalue weighted by Gasteiger charge is -2.10. The van der Waals surface area contributed by atoms with Crippen LogP contribution >= 0.6 is 11.6 Å². The lowest BCUT2D eigenvalue weighted by atomic mass is 10.2. The highest BCUT2D eigenvalue weighted by molar-refractivity contribution is 6.29. The molecule has 5 heteroatoms. The molecule has 0 atom stereocenters. The maximum atomic E-state index is 6.00. The molecule has 2 aromatic rings. The summed E-state index contributed by atoms with van der Waals surface area (Å²) < 4.78 is 5.18. The van der Waals surface area contributed by atoms with Crippen molar-refractivity contribution in [1.29, 1.82) is 0 Å². The van der Waals surface area contributed by atoms with Gasteiger partial charge in [-0.05, 0) is 12.1 Å². The normalized spacial score (nSPS) is 10.6. The highest BCUT2D eigenvalue weighted by atomic mass is 35.5. The number of rotatable bonds is 4. The van der Waals surface area contributed by atoms with Crippen molar-refractivity contribution in [2.45, 2.75) is 19.8 Å². The number of anilines is 2. The molecule has 0 saturated heterocycles. The van der Waals surface area contributed by atoms with E-state index in [2.05, 4.69) is 15.3 Å². The summed E-state index contributed by atoms with van der Waals surface area (Å²) in [6.07, 6.45) is 0. The van der Waals surface area contributed by atoms with Crippen molar-refractivity contribution < 1.29 is 4.74 Å². The smallest absolute Gasteiger partial charge is 0.135 e. The summed E-state index contributed by atoms with van der Waals surface area (Å²) in [7, 11) is 1.64. The fourth-order valence-corrected chi connectivity index (χ4v) is 1.80. The second-order valence-electron chi connectivity index (χ2n) is 4.45. The van der Waals surface area contributed by atoms with Gasteiger partial charge in [-0.3, -0.25) is 0 Å². The van der Waals surface area contributed by atoms with Crippen LogP contribution in [0.25, 0.3) is 0 Å². The van der Waals surface area contributed by atoms with Gasteiger partial charge >= 0.3 is 0 Å². The number of hydrogen-bond acceptors (Lipinski definition) is 4. The molecule has 0 spiro atoms. The first kappa shape index (κ1) is 13.6. The SMILES string of the molecule is COc1cccc(Nc2cc(Cl)nc(C(C)C)n2)c1. The highest BCUT2D eigenvalue weighted by Gasteiger charge is 2.07. The molecule has 4 nitrogen and oxygen atoms in total. The van der Waals surface area contributed by atoms with E-state index in [1.165, 1.54) is 0 Å². The van der Waals surface area contributed by atoms with Crippen molar-refractivity contribution in [3.8, 4) is 5.75 Å². The second kappa shape index (κ2) is 5.89. The topological polar surface area (TPSA) is 47.0 Å². The first-order valence-corrected chi connectivity index (χ1v) is 6.42. The summed E-state index contributed by atoms with van der Waals surface area (Å²) >= 11 is 6.00. The molecule has 1 aromatic carbocycles. The molecule has 0 saturated carbocycles. The number of hydrogen-bond donors (Lipinski definition) is 1. The Hall–Kier alpha value is -1.81. The van der Waals surface area contributed by atoms with Gasteiger partial charge in [-0.25, -0.2) is 9.97 Å². The average Bonchev–Trinajstić information content (AvgIpc) is 2.38. The van der Waals surface area contributed by atoms with Crippen LogP contribution in [-0.4, -0.2) is 17.1 Å². The fraction of sp³-hybridized carbons (Fsp3) is 0.286. The van der Waals surface area contributed by atoms with Crippen molar-refractivity contribution in [2.75, 3.05) is 12.4 Å². The number of methoxy groups -OCH3 is 1. The quantitative estimate of drug-likeness (QED) is 0.858. The lowest BCUT2D eigenvalue weighted by Crippen LogP contribution is -2.02. The van der Waals surface area contributed by atoms with Crippen molar-refractivity contribution in [2.24, 2.45) is 0 Å². The van der Waals surface area contributed by atoms with E-state index in [0.29, 0.717) is 11.0 Å². The zero-order valence-corrected chi connectivity index (χ0v) is 11.9. The average molecular weight is 278 g/mol. The Labute approximate surface area is 117 Å². The van der Waals surface area contributed by atoms with Crippen LogP contribution in [0, 0.1) is 0 Å². The Bertz CT molecular complexity index is 572. The Morgan fingerprint density at radius 1 is 1.21 bits per heavy atom. The molecule has 0 aliphatic heterocycles. The molecule has 1 aromatic heterocycles. The van der Waals surface area contributed by atoms with E-state index >= 15 is 0 Å². The van der Waals surface area contributed by atoms with Gasteiger partial charge in [-0.15, -0.1) is 0 Å². The maximum Gasteiger partial charge on any atom is 0.135 e. The third-order valence-electron chi connectivity index (χ3n) is 2.57. The molecule has 0 unspecified atom stereocenters. The molecule has 0 amide bonds. The minimum Gasteiger partial charge on any atom is -0.497 e. The summed E-state index contributed by atoms with van der Waals surface area (Å²) in [5.41, 5.74) is 0.892. The zero-order valence-electron chi connectivity index (χ0n) is 11.1. The molecule has 0 aliphatic rings. The molecule has 0 fully saturated rings. The van der Waals surface area contributed by atoms with Crippen molar-refractivity contribution in [3.63, 3.8) is 0 Å². The van der Waals surface area contributed by atoms with E-state index < -0.39 is 0 Å². The first-order chi connectivity index (χ1) is 9.08. The molecule has 2 rings (SSSR count). The van der Waals surface area contributed by atoms with Gasteiger partial charge in [0.15, 0.2) is 0 Å². The Balaban J connectivity index is 2.27. The number of aromatic nitrogens is 2. The number of ether oxygens (including phenoxy) is 1. The van der Waals surface area contributed by atoms with E-state index in [-0.39, 0.29) is 5.92 Å². The van der Waals surface area contributed by atoms with E-state index in [4.69, 9.17) is 16.3 Å². The monoisotopic (exact) mass is 277 g/mol. The van der Waals surface area contributed by atoms with Gasteiger partial charge in [0.25, 0.3) is 0 Å². The third-order valence-corrected chi connectivity index (χ3v) is 2.76.